The quantitative estimate of drug-likeness (QED) is 0.759. The van der Waals surface area contributed by atoms with Gasteiger partial charge in [-0.05, 0) is 50.8 Å². The van der Waals surface area contributed by atoms with Crippen molar-refractivity contribution in [2.24, 2.45) is 0 Å². The maximum atomic E-state index is 11.8. The second-order valence-electron chi connectivity index (χ2n) is 5.94. The minimum atomic E-state index is -0.136. The molecule has 0 aliphatic rings. The largest absolute Gasteiger partial charge is 0.376 e. The van der Waals surface area contributed by atoms with Gasteiger partial charge in [0, 0.05) is 11.2 Å². The monoisotopic (exact) mass is 276 g/mol. The summed E-state index contributed by atoms with van der Waals surface area (Å²) < 4.78 is 0. The highest BCUT2D eigenvalue weighted by atomic mass is 16.2. The minimum Gasteiger partial charge on any atom is -0.376 e. The Morgan fingerprint density at radius 3 is 2.35 bits per heavy atom. The van der Waals surface area contributed by atoms with Crippen molar-refractivity contribution in [3.63, 3.8) is 0 Å². The van der Waals surface area contributed by atoms with Crippen molar-refractivity contribution in [1.82, 2.24) is 5.32 Å². The lowest BCUT2D eigenvalue weighted by Gasteiger charge is -2.24. The normalized spacial score (nSPS) is 11.2. The Balaban J connectivity index is 2.40. The highest BCUT2D eigenvalue weighted by Gasteiger charge is 2.17. The predicted molar refractivity (Wildman–Crippen MR) is 86.1 cm³/mol. The molecule has 0 saturated heterocycles. The van der Waals surface area contributed by atoms with Crippen molar-refractivity contribution in [1.29, 1.82) is 0 Å². The van der Waals surface area contributed by atoms with Gasteiger partial charge in [-0.3, -0.25) is 4.79 Å². The van der Waals surface area contributed by atoms with Gasteiger partial charge in [0.1, 0.15) is 0 Å². The van der Waals surface area contributed by atoms with E-state index in [2.05, 4.69) is 36.6 Å². The van der Waals surface area contributed by atoms with Crippen molar-refractivity contribution < 1.29 is 4.79 Å². The average molecular weight is 276 g/mol. The fourth-order valence-electron chi connectivity index (χ4n) is 1.86. The molecule has 1 aromatic carbocycles. The lowest BCUT2D eigenvalue weighted by atomic mass is 10.0. The third-order valence-electron chi connectivity index (χ3n) is 3.59. The number of unbranched alkanes of at least 4 members (excludes halogenated alkanes) is 1. The van der Waals surface area contributed by atoms with Gasteiger partial charge in [-0.15, -0.1) is 0 Å². The fourth-order valence-corrected chi connectivity index (χ4v) is 1.86. The summed E-state index contributed by atoms with van der Waals surface area (Å²) in [6.07, 6.45) is 4.49. The zero-order valence-electron chi connectivity index (χ0n) is 13.3. The van der Waals surface area contributed by atoms with E-state index in [4.69, 9.17) is 0 Å². The van der Waals surface area contributed by atoms with E-state index < -0.39 is 0 Å². The minimum absolute atomic E-state index is 0.0342. The number of anilines is 1. The Morgan fingerprint density at radius 1 is 1.15 bits per heavy atom. The van der Waals surface area contributed by atoms with Crippen LogP contribution in [0.2, 0.25) is 0 Å². The molecule has 0 aromatic heterocycles. The number of carbonyl (C=O) groups is 1. The van der Waals surface area contributed by atoms with E-state index in [1.165, 1.54) is 18.4 Å². The van der Waals surface area contributed by atoms with Crippen LogP contribution in [-0.4, -0.2) is 18.0 Å². The number of hydrogen-bond acceptors (Lipinski definition) is 2. The van der Waals surface area contributed by atoms with E-state index in [1.807, 2.05) is 26.0 Å². The number of hydrogen-bond donors (Lipinski definition) is 2. The Morgan fingerprint density at radius 2 is 1.80 bits per heavy atom. The standard InChI is InChI=1S/C17H28N2O/c1-5-7-8-14-9-11-15(12-10-14)18-13-16(20)19-17(3,4)6-2/h9-12,18H,5-8,13H2,1-4H3,(H,19,20). The molecule has 0 bridgehead atoms. The molecule has 1 amide bonds. The van der Waals surface area contributed by atoms with Crippen LogP contribution in [0.5, 0.6) is 0 Å². The molecule has 0 aliphatic heterocycles. The molecule has 0 spiro atoms. The molecule has 0 unspecified atom stereocenters. The van der Waals surface area contributed by atoms with Crippen LogP contribution in [0.3, 0.4) is 0 Å². The van der Waals surface area contributed by atoms with Gasteiger partial charge in [-0.1, -0.05) is 32.4 Å². The first kappa shape index (κ1) is 16.5. The summed E-state index contributed by atoms with van der Waals surface area (Å²) >= 11 is 0. The van der Waals surface area contributed by atoms with E-state index in [-0.39, 0.29) is 11.4 Å². The summed E-state index contributed by atoms with van der Waals surface area (Å²) in [5.41, 5.74) is 2.21. The first-order valence-corrected chi connectivity index (χ1v) is 7.60. The van der Waals surface area contributed by atoms with E-state index in [0.29, 0.717) is 6.54 Å². The summed E-state index contributed by atoms with van der Waals surface area (Å²) in [6, 6.07) is 8.35. The fraction of sp³-hybridized carbons (Fsp3) is 0.588. The smallest absolute Gasteiger partial charge is 0.239 e. The first-order valence-electron chi connectivity index (χ1n) is 7.60. The molecule has 0 heterocycles. The molecule has 1 rings (SSSR count). The van der Waals surface area contributed by atoms with Crippen molar-refractivity contribution in [2.45, 2.75) is 58.9 Å². The van der Waals surface area contributed by atoms with Crippen LogP contribution in [0.15, 0.2) is 24.3 Å². The second kappa shape index (κ2) is 7.93. The van der Waals surface area contributed by atoms with Crippen LogP contribution < -0.4 is 10.6 Å². The molecule has 0 saturated carbocycles. The molecule has 0 fully saturated rings. The SMILES string of the molecule is CCCCc1ccc(NCC(=O)NC(C)(C)CC)cc1. The van der Waals surface area contributed by atoms with E-state index in [1.54, 1.807) is 0 Å². The van der Waals surface area contributed by atoms with Gasteiger partial charge in [-0.25, -0.2) is 0 Å². The number of carbonyl (C=O) groups excluding carboxylic acids is 1. The van der Waals surface area contributed by atoms with Crippen molar-refractivity contribution in [3.8, 4) is 0 Å². The third kappa shape index (κ3) is 6.09. The van der Waals surface area contributed by atoms with Crippen LogP contribution in [0.1, 0.15) is 52.5 Å². The highest BCUT2D eigenvalue weighted by Crippen LogP contribution is 2.12. The Hall–Kier alpha value is -1.51. The average Bonchev–Trinajstić information content (AvgIpc) is 2.43. The molecule has 3 heteroatoms. The zero-order valence-corrected chi connectivity index (χ0v) is 13.3. The Bertz CT molecular complexity index is 410. The molecular weight excluding hydrogens is 248 g/mol. The van der Waals surface area contributed by atoms with Gasteiger partial charge in [0.25, 0.3) is 0 Å². The molecule has 0 radical (unpaired) electrons. The lowest BCUT2D eigenvalue weighted by Crippen LogP contribution is -2.45. The van der Waals surface area contributed by atoms with E-state index in [0.717, 1.165) is 18.5 Å². The molecular formula is C17H28N2O. The Kier molecular flexibility index (Phi) is 6.56. The van der Waals surface area contributed by atoms with Crippen LogP contribution >= 0.6 is 0 Å². The Labute approximate surface area is 123 Å². The molecule has 2 N–H and O–H groups in total. The summed E-state index contributed by atoms with van der Waals surface area (Å²) in [6.45, 7) is 8.66. The molecule has 20 heavy (non-hydrogen) atoms. The van der Waals surface area contributed by atoms with Gasteiger partial charge in [0.15, 0.2) is 0 Å². The van der Waals surface area contributed by atoms with E-state index >= 15 is 0 Å². The summed E-state index contributed by atoms with van der Waals surface area (Å²) in [5.74, 6) is 0.0342. The number of nitrogens with one attached hydrogen (secondary N) is 2. The second-order valence-corrected chi connectivity index (χ2v) is 5.94. The first-order chi connectivity index (χ1) is 9.46. The molecule has 3 nitrogen and oxygen atoms in total. The molecule has 0 atom stereocenters. The third-order valence-corrected chi connectivity index (χ3v) is 3.59. The molecule has 0 aliphatic carbocycles. The number of amides is 1. The van der Waals surface area contributed by atoms with Crippen LogP contribution in [0, 0.1) is 0 Å². The van der Waals surface area contributed by atoms with Gasteiger partial charge >= 0.3 is 0 Å². The molecule has 112 valence electrons. The lowest BCUT2D eigenvalue weighted by molar-refractivity contribution is -0.121. The molecule has 1 aromatic rings. The maximum Gasteiger partial charge on any atom is 0.239 e. The maximum absolute atomic E-state index is 11.8. The topological polar surface area (TPSA) is 41.1 Å². The van der Waals surface area contributed by atoms with Gasteiger partial charge in [-0.2, -0.15) is 0 Å². The van der Waals surface area contributed by atoms with Gasteiger partial charge in [0.2, 0.25) is 5.91 Å². The number of aryl methyl sites for hydroxylation is 1. The van der Waals surface area contributed by atoms with Crippen LogP contribution in [0.25, 0.3) is 0 Å². The van der Waals surface area contributed by atoms with Crippen molar-refractivity contribution >= 4 is 11.6 Å². The predicted octanol–water partition coefficient (Wildman–Crippen LogP) is 3.75. The number of benzene rings is 1. The van der Waals surface area contributed by atoms with Crippen LogP contribution in [-0.2, 0) is 11.2 Å². The summed E-state index contributed by atoms with van der Waals surface area (Å²) in [7, 11) is 0. The summed E-state index contributed by atoms with van der Waals surface area (Å²) in [4.78, 5) is 11.8. The highest BCUT2D eigenvalue weighted by molar-refractivity contribution is 5.81. The number of rotatable bonds is 8. The van der Waals surface area contributed by atoms with E-state index in [9.17, 15) is 4.79 Å². The van der Waals surface area contributed by atoms with Crippen LogP contribution in [0.4, 0.5) is 5.69 Å². The van der Waals surface area contributed by atoms with Gasteiger partial charge < -0.3 is 10.6 Å². The van der Waals surface area contributed by atoms with Crippen molar-refractivity contribution in [2.75, 3.05) is 11.9 Å². The summed E-state index contributed by atoms with van der Waals surface area (Å²) in [5, 5.41) is 6.18. The van der Waals surface area contributed by atoms with Gasteiger partial charge in [0.05, 0.1) is 6.54 Å². The zero-order chi connectivity index (χ0) is 15.0. The van der Waals surface area contributed by atoms with Crippen molar-refractivity contribution in [3.05, 3.63) is 29.8 Å².